The predicted octanol–water partition coefficient (Wildman–Crippen LogP) is 5.43. The quantitative estimate of drug-likeness (QED) is 0.580. The number of carbonyl (C=O) groups excluding carboxylic acids is 1. The van der Waals surface area contributed by atoms with Crippen LogP contribution in [0.4, 0.5) is 0 Å². The van der Waals surface area contributed by atoms with Crippen LogP contribution in [0.3, 0.4) is 0 Å². The molecule has 0 radical (unpaired) electrons. The lowest BCUT2D eigenvalue weighted by atomic mass is 9.97. The maximum Gasteiger partial charge on any atom is 0.254 e. The van der Waals surface area contributed by atoms with E-state index in [1.165, 1.54) is 5.56 Å². The van der Waals surface area contributed by atoms with Crippen molar-refractivity contribution in [2.45, 2.75) is 26.5 Å². The Bertz CT molecular complexity index is 980. The number of benzene rings is 3. The van der Waals surface area contributed by atoms with Crippen LogP contribution in [0.15, 0.2) is 66.7 Å². The largest absolute Gasteiger partial charge is 0.489 e. The van der Waals surface area contributed by atoms with Crippen molar-refractivity contribution in [1.82, 2.24) is 4.90 Å². The molecule has 1 heterocycles. The van der Waals surface area contributed by atoms with Crippen molar-refractivity contribution in [2.24, 2.45) is 0 Å². The number of fused-ring (bicyclic) bond motifs is 1. The van der Waals surface area contributed by atoms with Gasteiger partial charge in [-0.05, 0) is 48.7 Å². The van der Waals surface area contributed by atoms with Crippen molar-refractivity contribution in [3.05, 3.63) is 99.6 Å². The van der Waals surface area contributed by atoms with Gasteiger partial charge in [-0.1, -0.05) is 59.6 Å². The second-order valence-electron chi connectivity index (χ2n) is 7.16. The first-order valence-corrected chi connectivity index (χ1v) is 9.82. The number of hydrogen-bond acceptors (Lipinski definition) is 2. The molecule has 0 saturated carbocycles. The molecule has 0 aliphatic carbocycles. The SMILES string of the molecule is Cc1ccc(CN2CCc3c(OCc4ccc(Cl)cc4)cccc3C2=O)cc1. The molecule has 1 amide bonds. The number of nitrogens with zero attached hydrogens (tertiary/aromatic N) is 1. The molecule has 1 aliphatic heterocycles. The van der Waals surface area contributed by atoms with Crippen LogP contribution in [0.2, 0.25) is 5.02 Å². The van der Waals surface area contributed by atoms with E-state index in [1.54, 1.807) is 0 Å². The van der Waals surface area contributed by atoms with Crippen molar-refractivity contribution in [2.75, 3.05) is 6.54 Å². The molecule has 3 aromatic rings. The summed E-state index contributed by atoms with van der Waals surface area (Å²) in [5.74, 6) is 0.856. The van der Waals surface area contributed by atoms with Crippen LogP contribution in [0.1, 0.15) is 32.6 Å². The third kappa shape index (κ3) is 4.05. The van der Waals surface area contributed by atoms with Crippen LogP contribution in [0.25, 0.3) is 0 Å². The summed E-state index contributed by atoms with van der Waals surface area (Å²) in [5, 5.41) is 0.708. The first-order valence-electron chi connectivity index (χ1n) is 9.44. The molecular weight excluding hydrogens is 370 g/mol. The molecule has 0 atom stereocenters. The Morgan fingerprint density at radius 2 is 1.68 bits per heavy atom. The van der Waals surface area contributed by atoms with Gasteiger partial charge in [-0.15, -0.1) is 0 Å². The summed E-state index contributed by atoms with van der Waals surface area (Å²) in [4.78, 5) is 14.9. The Balaban J connectivity index is 1.49. The number of amides is 1. The Morgan fingerprint density at radius 1 is 0.964 bits per heavy atom. The van der Waals surface area contributed by atoms with Crippen LogP contribution >= 0.6 is 11.6 Å². The van der Waals surface area contributed by atoms with Crippen LogP contribution in [-0.2, 0) is 19.6 Å². The Morgan fingerprint density at radius 3 is 2.43 bits per heavy atom. The summed E-state index contributed by atoms with van der Waals surface area (Å²) in [6, 6.07) is 21.7. The summed E-state index contributed by atoms with van der Waals surface area (Å²) >= 11 is 5.94. The van der Waals surface area contributed by atoms with E-state index >= 15 is 0 Å². The van der Waals surface area contributed by atoms with E-state index in [-0.39, 0.29) is 5.91 Å². The minimum Gasteiger partial charge on any atom is -0.489 e. The van der Waals surface area contributed by atoms with Gasteiger partial charge < -0.3 is 9.64 Å². The highest BCUT2D eigenvalue weighted by molar-refractivity contribution is 6.30. The Hall–Kier alpha value is -2.78. The Labute approximate surface area is 170 Å². The van der Waals surface area contributed by atoms with Gasteiger partial charge in [0.15, 0.2) is 0 Å². The van der Waals surface area contributed by atoms with Crippen LogP contribution in [0.5, 0.6) is 5.75 Å². The lowest BCUT2D eigenvalue weighted by Crippen LogP contribution is -2.37. The molecule has 4 rings (SSSR count). The van der Waals surface area contributed by atoms with Gasteiger partial charge >= 0.3 is 0 Å². The van der Waals surface area contributed by atoms with Crippen molar-refractivity contribution in [3.63, 3.8) is 0 Å². The highest BCUT2D eigenvalue weighted by Crippen LogP contribution is 2.29. The molecule has 142 valence electrons. The van der Waals surface area contributed by atoms with Crippen molar-refractivity contribution in [3.8, 4) is 5.75 Å². The van der Waals surface area contributed by atoms with E-state index in [0.29, 0.717) is 24.7 Å². The van der Waals surface area contributed by atoms with E-state index < -0.39 is 0 Å². The zero-order valence-corrected chi connectivity index (χ0v) is 16.6. The molecule has 4 heteroatoms. The Kier molecular flexibility index (Phi) is 5.36. The maximum atomic E-state index is 13.0. The van der Waals surface area contributed by atoms with Gasteiger partial charge in [0, 0.05) is 29.2 Å². The molecule has 0 bridgehead atoms. The molecule has 28 heavy (non-hydrogen) atoms. The minimum absolute atomic E-state index is 0.0683. The van der Waals surface area contributed by atoms with E-state index in [2.05, 4.69) is 31.2 Å². The average Bonchev–Trinajstić information content (AvgIpc) is 2.71. The summed E-state index contributed by atoms with van der Waals surface area (Å²) in [7, 11) is 0. The molecule has 0 unspecified atom stereocenters. The van der Waals surface area contributed by atoms with E-state index in [4.69, 9.17) is 16.3 Å². The molecule has 3 nitrogen and oxygen atoms in total. The maximum absolute atomic E-state index is 13.0. The second-order valence-corrected chi connectivity index (χ2v) is 7.60. The first-order chi connectivity index (χ1) is 13.6. The fraction of sp³-hybridized carbons (Fsp3) is 0.208. The predicted molar refractivity (Wildman–Crippen MR) is 112 cm³/mol. The van der Waals surface area contributed by atoms with Crippen molar-refractivity contribution >= 4 is 17.5 Å². The minimum atomic E-state index is 0.0683. The fourth-order valence-electron chi connectivity index (χ4n) is 3.48. The molecule has 3 aromatic carbocycles. The molecule has 0 spiro atoms. The molecule has 0 aromatic heterocycles. The summed E-state index contributed by atoms with van der Waals surface area (Å²) in [6.07, 6.45) is 0.795. The average molecular weight is 392 g/mol. The lowest BCUT2D eigenvalue weighted by molar-refractivity contribution is 0.0725. The molecule has 0 saturated heterocycles. The number of ether oxygens (including phenoxy) is 1. The van der Waals surface area contributed by atoms with E-state index in [1.807, 2.05) is 47.4 Å². The zero-order chi connectivity index (χ0) is 19.5. The molecule has 0 fully saturated rings. The standard InChI is InChI=1S/C24H22ClNO2/c1-17-5-7-18(8-6-17)15-26-14-13-21-22(24(26)27)3-2-4-23(21)28-16-19-9-11-20(25)12-10-19/h2-12H,13-16H2,1H3. The highest BCUT2D eigenvalue weighted by atomic mass is 35.5. The topological polar surface area (TPSA) is 29.5 Å². The van der Waals surface area contributed by atoms with E-state index in [0.717, 1.165) is 34.4 Å². The fourth-order valence-corrected chi connectivity index (χ4v) is 3.61. The van der Waals surface area contributed by atoms with Crippen LogP contribution in [0, 0.1) is 6.92 Å². The van der Waals surface area contributed by atoms with Gasteiger partial charge in [-0.2, -0.15) is 0 Å². The second kappa shape index (κ2) is 8.07. The van der Waals surface area contributed by atoms with Gasteiger partial charge in [-0.25, -0.2) is 0 Å². The van der Waals surface area contributed by atoms with Gasteiger partial charge in [0.1, 0.15) is 12.4 Å². The third-order valence-electron chi connectivity index (χ3n) is 5.08. The molecule has 1 aliphatic rings. The number of carbonyl (C=O) groups is 1. The lowest BCUT2D eigenvalue weighted by Gasteiger charge is -2.29. The highest BCUT2D eigenvalue weighted by Gasteiger charge is 2.26. The van der Waals surface area contributed by atoms with Crippen molar-refractivity contribution in [1.29, 1.82) is 0 Å². The number of hydrogen-bond donors (Lipinski definition) is 0. The van der Waals surface area contributed by atoms with Crippen LogP contribution < -0.4 is 4.74 Å². The van der Waals surface area contributed by atoms with E-state index in [9.17, 15) is 4.79 Å². The number of rotatable bonds is 5. The van der Waals surface area contributed by atoms with Gasteiger partial charge in [0.05, 0.1) is 0 Å². The van der Waals surface area contributed by atoms with Crippen LogP contribution in [-0.4, -0.2) is 17.4 Å². The van der Waals surface area contributed by atoms with Crippen molar-refractivity contribution < 1.29 is 9.53 Å². The van der Waals surface area contributed by atoms with Gasteiger partial charge in [-0.3, -0.25) is 4.79 Å². The van der Waals surface area contributed by atoms with Gasteiger partial charge in [0.25, 0.3) is 5.91 Å². The monoisotopic (exact) mass is 391 g/mol. The summed E-state index contributed by atoms with van der Waals surface area (Å²) < 4.78 is 6.03. The zero-order valence-electron chi connectivity index (χ0n) is 15.8. The summed E-state index contributed by atoms with van der Waals surface area (Å²) in [6.45, 7) is 3.85. The normalized spacial score (nSPS) is 13.4. The number of aryl methyl sites for hydroxylation is 1. The van der Waals surface area contributed by atoms with Gasteiger partial charge in [0.2, 0.25) is 0 Å². The third-order valence-corrected chi connectivity index (χ3v) is 5.34. The summed E-state index contributed by atoms with van der Waals surface area (Å²) in [5.41, 5.74) is 5.16. The molecule has 0 N–H and O–H groups in total. The smallest absolute Gasteiger partial charge is 0.254 e. The molecular formula is C24H22ClNO2. The number of halogens is 1. The first kappa shape index (κ1) is 18.6.